The van der Waals surface area contributed by atoms with Crippen molar-refractivity contribution in [1.29, 1.82) is 0 Å². The second kappa shape index (κ2) is 11.7. The highest BCUT2D eigenvalue weighted by atomic mass is 16.3. The van der Waals surface area contributed by atoms with E-state index in [2.05, 4.69) is 198 Å². The molecule has 2 heterocycles. The lowest BCUT2D eigenvalue weighted by Crippen LogP contribution is -2.11. The van der Waals surface area contributed by atoms with Gasteiger partial charge in [0.2, 0.25) is 0 Å². The van der Waals surface area contributed by atoms with E-state index in [-0.39, 0.29) is 0 Å². The van der Waals surface area contributed by atoms with Gasteiger partial charge in [0.25, 0.3) is 0 Å². The molecule has 3 nitrogen and oxygen atoms in total. The number of nitrogens with zero attached hydrogens (tertiary/aromatic N) is 2. The summed E-state index contributed by atoms with van der Waals surface area (Å²) in [5, 5.41) is 9.34. The molecule has 248 valence electrons. The second-order valence-electron chi connectivity index (χ2n) is 13.7. The molecule has 0 aliphatic heterocycles. The molecular weight excluding hydrogens is 645 g/mol. The van der Waals surface area contributed by atoms with Crippen molar-refractivity contribution >= 4 is 82.4 Å². The van der Waals surface area contributed by atoms with E-state index < -0.39 is 0 Å². The predicted octanol–water partition coefficient (Wildman–Crippen LogP) is 14.1. The fourth-order valence-corrected chi connectivity index (χ4v) is 8.38. The number of rotatable bonds is 5. The Hall–Kier alpha value is -7.10. The molecule has 0 unspecified atom stereocenters. The Morgan fingerprint density at radius 3 is 1.96 bits per heavy atom. The summed E-state index contributed by atoms with van der Waals surface area (Å²) in [5.74, 6) is 0. The molecule has 9 aromatic carbocycles. The molecule has 0 saturated heterocycles. The SMILES string of the molecule is c1ccc(-n2c3ccccc3c3c(N(c4cccc(-c5ccc6ccccc6c5)c4)c4c5ccccc5cc5oc6ccccc6c45)cccc32)cc1. The fraction of sp³-hybridized carbons (Fsp3) is 0. The number of anilines is 3. The van der Waals surface area contributed by atoms with E-state index in [1.54, 1.807) is 0 Å². The number of fused-ring (bicyclic) bond motifs is 8. The summed E-state index contributed by atoms with van der Waals surface area (Å²) >= 11 is 0. The molecule has 2 aromatic heterocycles. The first-order valence-electron chi connectivity index (χ1n) is 18.1. The Kier molecular flexibility index (Phi) is 6.55. The molecule has 3 heteroatoms. The van der Waals surface area contributed by atoms with Crippen molar-refractivity contribution in [3.63, 3.8) is 0 Å². The van der Waals surface area contributed by atoms with Crippen molar-refractivity contribution < 1.29 is 4.42 Å². The van der Waals surface area contributed by atoms with Gasteiger partial charge in [0, 0.05) is 32.9 Å². The number of para-hydroxylation sites is 3. The number of furan rings is 1. The van der Waals surface area contributed by atoms with E-state index in [1.165, 1.54) is 32.6 Å². The van der Waals surface area contributed by atoms with Gasteiger partial charge < -0.3 is 13.9 Å². The number of hydrogen-bond acceptors (Lipinski definition) is 2. The van der Waals surface area contributed by atoms with Gasteiger partial charge in [-0.05, 0) is 87.9 Å². The van der Waals surface area contributed by atoms with Crippen LogP contribution in [-0.4, -0.2) is 4.57 Å². The van der Waals surface area contributed by atoms with Gasteiger partial charge in [0.15, 0.2) is 0 Å². The summed E-state index contributed by atoms with van der Waals surface area (Å²) in [5.41, 5.74) is 10.8. The molecule has 0 amide bonds. The largest absolute Gasteiger partial charge is 0.456 e. The smallest absolute Gasteiger partial charge is 0.138 e. The minimum Gasteiger partial charge on any atom is -0.456 e. The van der Waals surface area contributed by atoms with Crippen LogP contribution in [0.5, 0.6) is 0 Å². The third kappa shape index (κ3) is 4.61. The molecule has 0 bridgehead atoms. The molecule has 0 N–H and O–H groups in total. The molecule has 53 heavy (non-hydrogen) atoms. The van der Waals surface area contributed by atoms with Crippen LogP contribution in [0.3, 0.4) is 0 Å². The third-order valence-electron chi connectivity index (χ3n) is 10.7. The highest BCUT2D eigenvalue weighted by Crippen LogP contribution is 2.50. The van der Waals surface area contributed by atoms with E-state index in [0.29, 0.717) is 0 Å². The molecule has 11 rings (SSSR count). The molecule has 0 saturated carbocycles. The maximum Gasteiger partial charge on any atom is 0.138 e. The van der Waals surface area contributed by atoms with Crippen LogP contribution in [0, 0.1) is 0 Å². The highest BCUT2D eigenvalue weighted by Gasteiger charge is 2.26. The zero-order valence-corrected chi connectivity index (χ0v) is 28.8. The van der Waals surface area contributed by atoms with Crippen LogP contribution >= 0.6 is 0 Å². The summed E-state index contributed by atoms with van der Waals surface area (Å²) in [6.45, 7) is 0. The zero-order chi connectivity index (χ0) is 34.9. The third-order valence-corrected chi connectivity index (χ3v) is 10.7. The first kappa shape index (κ1) is 29.6. The summed E-state index contributed by atoms with van der Waals surface area (Å²) in [6.07, 6.45) is 0. The van der Waals surface area contributed by atoms with Crippen LogP contribution in [0.4, 0.5) is 17.1 Å². The van der Waals surface area contributed by atoms with Gasteiger partial charge in [-0.15, -0.1) is 0 Å². The van der Waals surface area contributed by atoms with E-state index in [0.717, 1.165) is 66.5 Å². The molecule has 0 aliphatic carbocycles. The minimum absolute atomic E-state index is 0.870. The van der Waals surface area contributed by atoms with Gasteiger partial charge in [-0.1, -0.05) is 133 Å². The number of aromatic nitrogens is 1. The monoisotopic (exact) mass is 676 g/mol. The van der Waals surface area contributed by atoms with Crippen molar-refractivity contribution in [3.05, 3.63) is 194 Å². The van der Waals surface area contributed by atoms with Gasteiger partial charge in [0.05, 0.1) is 27.8 Å². The molecular formula is C50H32N2O. The van der Waals surface area contributed by atoms with Gasteiger partial charge in [-0.3, -0.25) is 0 Å². The average Bonchev–Trinajstić information content (AvgIpc) is 3.77. The lowest BCUT2D eigenvalue weighted by atomic mass is 9.98. The van der Waals surface area contributed by atoms with Crippen LogP contribution < -0.4 is 4.90 Å². The Labute approximate surface area is 306 Å². The average molecular weight is 677 g/mol. The van der Waals surface area contributed by atoms with Crippen LogP contribution in [0.15, 0.2) is 199 Å². The maximum absolute atomic E-state index is 6.65. The van der Waals surface area contributed by atoms with E-state index in [9.17, 15) is 0 Å². The maximum atomic E-state index is 6.65. The Balaban J connectivity index is 1.28. The zero-order valence-electron chi connectivity index (χ0n) is 28.8. The second-order valence-corrected chi connectivity index (χ2v) is 13.7. The quantitative estimate of drug-likeness (QED) is 0.181. The van der Waals surface area contributed by atoms with E-state index in [4.69, 9.17) is 4.42 Å². The number of hydrogen-bond donors (Lipinski definition) is 0. The van der Waals surface area contributed by atoms with Crippen molar-refractivity contribution in [1.82, 2.24) is 4.57 Å². The normalized spacial score (nSPS) is 11.8. The van der Waals surface area contributed by atoms with Crippen LogP contribution in [-0.2, 0) is 0 Å². The summed E-state index contributed by atoms with van der Waals surface area (Å²) in [4.78, 5) is 2.49. The van der Waals surface area contributed by atoms with Gasteiger partial charge in [-0.2, -0.15) is 0 Å². The molecule has 0 aliphatic rings. The molecule has 0 radical (unpaired) electrons. The fourth-order valence-electron chi connectivity index (χ4n) is 8.38. The van der Waals surface area contributed by atoms with Crippen LogP contribution in [0.2, 0.25) is 0 Å². The molecule has 0 spiro atoms. The van der Waals surface area contributed by atoms with Crippen molar-refractivity contribution in [2.75, 3.05) is 4.90 Å². The first-order valence-corrected chi connectivity index (χ1v) is 18.1. The highest BCUT2D eigenvalue weighted by molar-refractivity contribution is 6.24. The predicted molar refractivity (Wildman–Crippen MR) is 223 cm³/mol. The molecule has 0 atom stereocenters. The van der Waals surface area contributed by atoms with Crippen molar-refractivity contribution in [3.8, 4) is 16.8 Å². The van der Waals surface area contributed by atoms with Gasteiger partial charge in [-0.25, -0.2) is 0 Å². The van der Waals surface area contributed by atoms with E-state index >= 15 is 0 Å². The Morgan fingerprint density at radius 2 is 1.08 bits per heavy atom. The minimum atomic E-state index is 0.870. The first-order chi connectivity index (χ1) is 26.3. The lowest BCUT2D eigenvalue weighted by Gasteiger charge is -2.29. The van der Waals surface area contributed by atoms with Crippen molar-refractivity contribution in [2.45, 2.75) is 0 Å². The number of benzene rings is 9. The van der Waals surface area contributed by atoms with Crippen LogP contribution in [0.1, 0.15) is 0 Å². The molecule has 11 aromatic rings. The Morgan fingerprint density at radius 1 is 0.396 bits per heavy atom. The van der Waals surface area contributed by atoms with Gasteiger partial charge >= 0.3 is 0 Å². The standard InChI is InChI=1S/C50H32N2O/c1-2-18-38(19-3-1)51-43-24-10-8-22-41(43)48-44(51)25-13-26-45(48)52(39-20-12-17-35(31-39)36-29-28-33-14-4-5-15-34(33)30-36)50-40-21-7-6-16-37(40)32-47-49(50)42-23-9-11-27-46(42)53-47/h1-32H. The lowest BCUT2D eigenvalue weighted by molar-refractivity contribution is 0.669. The van der Waals surface area contributed by atoms with Crippen molar-refractivity contribution in [2.24, 2.45) is 0 Å². The van der Waals surface area contributed by atoms with E-state index in [1.807, 2.05) is 6.07 Å². The Bertz CT molecular complexity index is 3190. The summed E-state index contributed by atoms with van der Waals surface area (Å²) < 4.78 is 9.04. The summed E-state index contributed by atoms with van der Waals surface area (Å²) in [7, 11) is 0. The van der Waals surface area contributed by atoms with Crippen LogP contribution in [0.25, 0.3) is 82.1 Å². The summed E-state index contributed by atoms with van der Waals surface area (Å²) in [6, 6.07) is 69.8. The van der Waals surface area contributed by atoms with Gasteiger partial charge in [0.1, 0.15) is 11.2 Å². The molecule has 0 fully saturated rings. The topological polar surface area (TPSA) is 21.3 Å².